The Balaban J connectivity index is 1.71. The molecule has 1 heterocycles. The molecule has 3 fully saturated rings. The van der Waals surface area contributed by atoms with E-state index in [0.29, 0.717) is 5.41 Å². The van der Waals surface area contributed by atoms with Crippen LogP contribution in [0.1, 0.15) is 52.9 Å². The standard InChI is InChI=1S/C15H28N2/c1-11-9-16-13(12-6-7-12)10-17(11)14-5-4-8-15(14,2)3/h11-14,16H,4-10H2,1-3H3. The van der Waals surface area contributed by atoms with Crippen molar-refractivity contribution in [2.24, 2.45) is 11.3 Å². The van der Waals surface area contributed by atoms with E-state index in [4.69, 9.17) is 0 Å². The van der Waals surface area contributed by atoms with Gasteiger partial charge < -0.3 is 5.32 Å². The van der Waals surface area contributed by atoms with Crippen LogP contribution in [0.25, 0.3) is 0 Å². The SMILES string of the molecule is CC1CNC(C2CC2)CN1C1CCCC1(C)C. The Morgan fingerprint density at radius 1 is 1.18 bits per heavy atom. The van der Waals surface area contributed by atoms with E-state index in [0.717, 1.165) is 24.0 Å². The fraction of sp³-hybridized carbons (Fsp3) is 1.00. The molecule has 2 nitrogen and oxygen atoms in total. The molecule has 0 spiro atoms. The first-order valence-corrected chi connectivity index (χ1v) is 7.57. The topological polar surface area (TPSA) is 15.3 Å². The molecule has 0 aromatic heterocycles. The first-order chi connectivity index (χ1) is 8.08. The van der Waals surface area contributed by atoms with Crippen molar-refractivity contribution in [3.8, 4) is 0 Å². The lowest BCUT2D eigenvalue weighted by Gasteiger charge is -2.46. The van der Waals surface area contributed by atoms with Crippen LogP contribution in [-0.4, -0.2) is 36.1 Å². The molecule has 0 aromatic rings. The number of nitrogens with zero attached hydrogens (tertiary/aromatic N) is 1. The third kappa shape index (κ3) is 2.26. The number of hydrogen-bond acceptors (Lipinski definition) is 2. The summed E-state index contributed by atoms with van der Waals surface area (Å²) >= 11 is 0. The second-order valence-corrected chi connectivity index (χ2v) is 7.29. The summed E-state index contributed by atoms with van der Waals surface area (Å²) in [5.74, 6) is 0.995. The Morgan fingerprint density at radius 2 is 1.94 bits per heavy atom. The monoisotopic (exact) mass is 236 g/mol. The predicted molar refractivity (Wildman–Crippen MR) is 72.1 cm³/mol. The number of rotatable bonds is 2. The molecule has 2 saturated carbocycles. The van der Waals surface area contributed by atoms with E-state index in [1.165, 1.54) is 45.2 Å². The average molecular weight is 236 g/mol. The fourth-order valence-corrected chi connectivity index (χ4v) is 4.08. The van der Waals surface area contributed by atoms with Crippen LogP contribution in [0.5, 0.6) is 0 Å². The van der Waals surface area contributed by atoms with Crippen molar-refractivity contribution < 1.29 is 0 Å². The van der Waals surface area contributed by atoms with E-state index in [9.17, 15) is 0 Å². The van der Waals surface area contributed by atoms with E-state index >= 15 is 0 Å². The highest BCUT2D eigenvalue weighted by Crippen LogP contribution is 2.43. The summed E-state index contributed by atoms with van der Waals surface area (Å²) in [6.45, 7) is 9.87. The lowest BCUT2D eigenvalue weighted by atomic mass is 9.85. The van der Waals surface area contributed by atoms with Crippen molar-refractivity contribution in [3.63, 3.8) is 0 Å². The van der Waals surface area contributed by atoms with Crippen molar-refractivity contribution in [2.45, 2.75) is 71.0 Å². The van der Waals surface area contributed by atoms with Crippen LogP contribution in [0.15, 0.2) is 0 Å². The number of hydrogen-bond donors (Lipinski definition) is 1. The second kappa shape index (κ2) is 4.24. The summed E-state index contributed by atoms with van der Waals surface area (Å²) in [4.78, 5) is 2.84. The van der Waals surface area contributed by atoms with Gasteiger partial charge in [0.15, 0.2) is 0 Å². The van der Waals surface area contributed by atoms with Gasteiger partial charge in [-0.25, -0.2) is 0 Å². The minimum absolute atomic E-state index is 0.541. The minimum atomic E-state index is 0.541. The minimum Gasteiger partial charge on any atom is -0.311 e. The molecule has 2 heteroatoms. The van der Waals surface area contributed by atoms with Crippen molar-refractivity contribution in [1.82, 2.24) is 10.2 Å². The molecule has 0 amide bonds. The van der Waals surface area contributed by atoms with E-state index in [1.54, 1.807) is 0 Å². The Labute approximate surface area is 106 Å². The molecule has 2 aliphatic carbocycles. The molecule has 0 bridgehead atoms. The molecule has 3 unspecified atom stereocenters. The molecule has 3 atom stereocenters. The first kappa shape index (κ1) is 12.0. The van der Waals surface area contributed by atoms with Gasteiger partial charge in [-0.3, -0.25) is 4.90 Å². The summed E-state index contributed by atoms with van der Waals surface area (Å²) in [5, 5.41) is 3.77. The van der Waals surface area contributed by atoms with Crippen molar-refractivity contribution in [1.29, 1.82) is 0 Å². The van der Waals surface area contributed by atoms with Crippen LogP contribution in [0, 0.1) is 11.3 Å². The third-order valence-electron chi connectivity index (χ3n) is 5.44. The summed E-state index contributed by atoms with van der Waals surface area (Å²) in [6, 6.07) is 2.36. The number of piperazine rings is 1. The highest BCUT2D eigenvalue weighted by atomic mass is 15.3. The lowest BCUT2D eigenvalue weighted by Crippen LogP contribution is -2.60. The summed E-state index contributed by atoms with van der Waals surface area (Å²) in [7, 11) is 0. The molecule has 0 aromatic carbocycles. The lowest BCUT2D eigenvalue weighted by molar-refractivity contribution is 0.0386. The molecule has 3 aliphatic rings. The fourth-order valence-electron chi connectivity index (χ4n) is 4.08. The molecule has 0 radical (unpaired) electrons. The van der Waals surface area contributed by atoms with Crippen molar-refractivity contribution in [2.75, 3.05) is 13.1 Å². The highest BCUT2D eigenvalue weighted by molar-refractivity contribution is 5.00. The maximum absolute atomic E-state index is 3.77. The van der Waals surface area contributed by atoms with Gasteiger partial charge in [0.1, 0.15) is 0 Å². The van der Waals surface area contributed by atoms with Gasteiger partial charge in [-0.2, -0.15) is 0 Å². The molecule has 3 rings (SSSR count). The van der Waals surface area contributed by atoms with Gasteiger partial charge in [0.2, 0.25) is 0 Å². The van der Waals surface area contributed by atoms with Crippen LogP contribution in [0.3, 0.4) is 0 Å². The van der Waals surface area contributed by atoms with Crippen LogP contribution >= 0.6 is 0 Å². The second-order valence-electron chi connectivity index (χ2n) is 7.29. The molecule has 17 heavy (non-hydrogen) atoms. The van der Waals surface area contributed by atoms with Crippen LogP contribution < -0.4 is 5.32 Å². The van der Waals surface area contributed by atoms with Gasteiger partial charge in [0.25, 0.3) is 0 Å². The van der Waals surface area contributed by atoms with Crippen molar-refractivity contribution >= 4 is 0 Å². The van der Waals surface area contributed by atoms with Gasteiger partial charge in [0.05, 0.1) is 0 Å². The molecular formula is C15H28N2. The van der Waals surface area contributed by atoms with Crippen LogP contribution in [-0.2, 0) is 0 Å². The normalized spacial score (nSPS) is 42.9. The molecule has 98 valence electrons. The first-order valence-electron chi connectivity index (χ1n) is 7.57. The molecular weight excluding hydrogens is 208 g/mol. The van der Waals surface area contributed by atoms with E-state index in [1.807, 2.05) is 0 Å². The van der Waals surface area contributed by atoms with E-state index < -0.39 is 0 Å². The molecule has 1 aliphatic heterocycles. The van der Waals surface area contributed by atoms with Crippen molar-refractivity contribution in [3.05, 3.63) is 0 Å². The maximum Gasteiger partial charge on any atom is 0.0224 e. The zero-order valence-corrected chi connectivity index (χ0v) is 11.7. The summed E-state index contributed by atoms with van der Waals surface area (Å²) < 4.78 is 0. The largest absolute Gasteiger partial charge is 0.311 e. The van der Waals surface area contributed by atoms with Crippen LogP contribution in [0.4, 0.5) is 0 Å². The molecule has 1 saturated heterocycles. The van der Waals surface area contributed by atoms with E-state index in [-0.39, 0.29) is 0 Å². The number of nitrogens with one attached hydrogen (secondary N) is 1. The zero-order chi connectivity index (χ0) is 12.0. The van der Waals surface area contributed by atoms with Gasteiger partial charge >= 0.3 is 0 Å². The predicted octanol–water partition coefficient (Wildman–Crippen LogP) is 2.64. The van der Waals surface area contributed by atoms with Gasteiger partial charge in [-0.1, -0.05) is 20.3 Å². The zero-order valence-electron chi connectivity index (χ0n) is 11.7. The van der Waals surface area contributed by atoms with E-state index in [2.05, 4.69) is 31.0 Å². The smallest absolute Gasteiger partial charge is 0.0224 e. The Bertz CT molecular complexity index is 283. The maximum atomic E-state index is 3.77. The average Bonchev–Trinajstić information content (AvgIpc) is 3.05. The third-order valence-corrected chi connectivity index (χ3v) is 5.44. The van der Waals surface area contributed by atoms with Gasteiger partial charge in [-0.05, 0) is 43.9 Å². The van der Waals surface area contributed by atoms with Gasteiger partial charge in [-0.15, -0.1) is 0 Å². The quantitative estimate of drug-likeness (QED) is 0.793. The summed E-state index contributed by atoms with van der Waals surface area (Å²) in [6.07, 6.45) is 7.21. The Kier molecular flexibility index (Phi) is 2.99. The summed E-state index contributed by atoms with van der Waals surface area (Å²) in [5.41, 5.74) is 0.541. The van der Waals surface area contributed by atoms with Crippen LogP contribution in [0.2, 0.25) is 0 Å². The Morgan fingerprint density at radius 3 is 2.53 bits per heavy atom. The molecule has 1 N–H and O–H groups in total. The van der Waals surface area contributed by atoms with Gasteiger partial charge in [0, 0.05) is 31.2 Å². The highest BCUT2D eigenvalue weighted by Gasteiger charge is 2.44. The Hall–Kier alpha value is -0.0800.